The quantitative estimate of drug-likeness (QED) is 0.311. The highest BCUT2D eigenvalue weighted by atomic mass is 35.5. The minimum absolute atomic E-state index is 0.0515. The maximum absolute atomic E-state index is 10.0. The second kappa shape index (κ2) is 16.6. The van der Waals surface area contributed by atoms with Gasteiger partial charge in [-0.2, -0.15) is 0 Å². The van der Waals surface area contributed by atoms with Crippen molar-refractivity contribution in [2.45, 2.75) is 44.9 Å². The number of nitrogens with two attached hydrogens (primary N) is 1. The first-order chi connectivity index (χ1) is 11.6. The summed E-state index contributed by atoms with van der Waals surface area (Å²) in [6, 6.07) is 2.68. The molecule has 1 saturated heterocycles. The van der Waals surface area contributed by atoms with E-state index in [1.54, 1.807) is 0 Å². The van der Waals surface area contributed by atoms with Crippen LogP contribution in [0.1, 0.15) is 44.9 Å². The largest absolute Gasteiger partial charge is 0.396 e. The minimum Gasteiger partial charge on any atom is -0.396 e. The molecule has 0 spiro atoms. The van der Waals surface area contributed by atoms with E-state index in [0.717, 1.165) is 38.4 Å². The molecule has 8 heteroatoms. The maximum atomic E-state index is 10.0. The molecule has 0 saturated carbocycles. The van der Waals surface area contributed by atoms with Gasteiger partial charge in [-0.15, -0.1) is 0 Å². The summed E-state index contributed by atoms with van der Waals surface area (Å²) in [5.41, 5.74) is 5.20. The van der Waals surface area contributed by atoms with E-state index in [9.17, 15) is 10.1 Å². The molecule has 0 bridgehead atoms. The third kappa shape index (κ3) is 14.3. The lowest BCUT2D eigenvalue weighted by atomic mass is 10.2. The fourth-order valence-electron chi connectivity index (χ4n) is 1.89. The predicted octanol–water partition coefficient (Wildman–Crippen LogP) is 2.90. The Hall–Kier alpha value is -1.28. The molecule has 0 aromatic carbocycles. The molecule has 4 N–H and O–H groups in total. The van der Waals surface area contributed by atoms with Gasteiger partial charge in [0.25, 0.3) is 5.69 Å². The van der Waals surface area contributed by atoms with Gasteiger partial charge in [0, 0.05) is 12.7 Å². The van der Waals surface area contributed by atoms with Gasteiger partial charge in [0.05, 0.1) is 4.92 Å². The summed E-state index contributed by atoms with van der Waals surface area (Å²) in [7, 11) is 0. The number of unbranched alkanes of at least 4 members (excludes halogenated alkanes) is 3. The van der Waals surface area contributed by atoms with E-state index in [1.165, 1.54) is 44.5 Å². The van der Waals surface area contributed by atoms with Gasteiger partial charge < -0.3 is 16.2 Å². The molecule has 1 aromatic rings. The zero-order chi connectivity index (χ0) is 18.0. The Morgan fingerprint density at radius 2 is 1.88 bits per heavy atom. The number of nitrogens with zero attached hydrogens (tertiary/aromatic N) is 2. The average Bonchev–Trinajstić information content (AvgIpc) is 2.62. The van der Waals surface area contributed by atoms with Gasteiger partial charge in [-0.05, 0) is 51.4 Å². The third-order valence-electron chi connectivity index (χ3n) is 3.24. The molecule has 0 radical (unpaired) electrons. The topological polar surface area (TPSA) is 114 Å². The number of hydrogen-bond donors (Lipinski definition) is 3. The van der Waals surface area contributed by atoms with Crippen molar-refractivity contribution in [3.8, 4) is 0 Å². The monoisotopic (exact) mass is 360 g/mol. The standard InChI is InChI=1S/C6H15NO.C5H3ClN2O2.C5H11N/c7-5-3-1-2-4-6-8;6-5-2-1-4(3-7-5)8(9)10;1-2-4-6-5-3-1/h8H,1-7H2;1-3H;6H,1-5H2. The zero-order valence-corrected chi connectivity index (χ0v) is 14.9. The molecule has 1 aliphatic rings. The van der Waals surface area contributed by atoms with Gasteiger partial charge in [0.2, 0.25) is 0 Å². The Labute approximate surface area is 148 Å². The lowest BCUT2D eigenvalue weighted by Gasteiger charge is -2.08. The highest BCUT2D eigenvalue weighted by Gasteiger charge is 2.02. The molecule has 0 amide bonds. The van der Waals surface area contributed by atoms with Crippen LogP contribution in [-0.4, -0.2) is 41.3 Å². The summed E-state index contributed by atoms with van der Waals surface area (Å²) in [5, 5.41) is 21.9. The molecule has 24 heavy (non-hydrogen) atoms. The number of aromatic nitrogens is 1. The van der Waals surface area contributed by atoms with E-state index in [2.05, 4.69) is 10.3 Å². The van der Waals surface area contributed by atoms with Crippen LogP contribution in [0.4, 0.5) is 5.69 Å². The van der Waals surface area contributed by atoms with Crippen molar-refractivity contribution in [2.24, 2.45) is 5.73 Å². The number of hydrogen-bond acceptors (Lipinski definition) is 6. The fourth-order valence-corrected chi connectivity index (χ4v) is 2.00. The van der Waals surface area contributed by atoms with E-state index in [0.29, 0.717) is 6.61 Å². The first-order valence-corrected chi connectivity index (χ1v) is 8.77. The van der Waals surface area contributed by atoms with Gasteiger partial charge in [0.1, 0.15) is 11.3 Å². The number of pyridine rings is 1. The Morgan fingerprint density at radius 3 is 2.25 bits per heavy atom. The molecule has 0 unspecified atom stereocenters. The van der Waals surface area contributed by atoms with Crippen LogP contribution in [0.15, 0.2) is 18.3 Å². The molecule has 1 aliphatic heterocycles. The number of halogens is 1. The van der Waals surface area contributed by atoms with Crippen LogP contribution in [0.25, 0.3) is 0 Å². The zero-order valence-electron chi connectivity index (χ0n) is 14.1. The van der Waals surface area contributed by atoms with Crippen molar-refractivity contribution in [1.82, 2.24) is 10.3 Å². The number of nitro groups is 1. The van der Waals surface area contributed by atoms with Gasteiger partial charge >= 0.3 is 0 Å². The Balaban J connectivity index is 0.000000342. The summed E-state index contributed by atoms with van der Waals surface area (Å²) >= 11 is 5.38. The normalized spacial score (nSPS) is 13.1. The van der Waals surface area contributed by atoms with Crippen molar-refractivity contribution >= 4 is 17.3 Å². The number of aliphatic hydroxyl groups is 1. The summed E-state index contributed by atoms with van der Waals surface area (Å²) in [4.78, 5) is 13.0. The highest BCUT2D eigenvalue weighted by molar-refractivity contribution is 6.29. The van der Waals surface area contributed by atoms with Crippen LogP contribution >= 0.6 is 11.6 Å². The molecule has 1 aromatic heterocycles. The van der Waals surface area contributed by atoms with Crippen LogP contribution in [0.5, 0.6) is 0 Å². The SMILES string of the molecule is C1CCNCC1.NCCCCCCO.O=[N+]([O-])c1ccc(Cl)nc1. The number of nitrogens with one attached hydrogen (secondary N) is 1. The predicted molar refractivity (Wildman–Crippen MR) is 97.2 cm³/mol. The molecular formula is C16H29ClN4O3. The van der Waals surface area contributed by atoms with E-state index in [4.69, 9.17) is 22.4 Å². The fraction of sp³-hybridized carbons (Fsp3) is 0.688. The van der Waals surface area contributed by atoms with Crippen LogP contribution in [0, 0.1) is 10.1 Å². The van der Waals surface area contributed by atoms with Crippen molar-refractivity contribution in [1.29, 1.82) is 0 Å². The van der Waals surface area contributed by atoms with E-state index >= 15 is 0 Å². The Morgan fingerprint density at radius 1 is 1.21 bits per heavy atom. The first-order valence-electron chi connectivity index (χ1n) is 8.39. The lowest BCUT2D eigenvalue weighted by Crippen LogP contribution is -2.21. The van der Waals surface area contributed by atoms with Crippen molar-refractivity contribution < 1.29 is 10.0 Å². The lowest BCUT2D eigenvalue weighted by molar-refractivity contribution is -0.385. The van der Waals surface area contributed by atoms with Gasteiger partial charge in [-0.25, -0.2) is 4.98 Å². The summed E-state index contributed by atoms with van der Waals surface area (Å²) in [6.07, 6.45) is 9.64. The maximum Gasteiger partial charge on any atom is 0.287 e. The molecular weight excluding hydrogens is 332 g/mol. The highest BCUT2D eigenvalue weighted by Crippen LogP contribution is 2.11. The van der Waals surface area contributed by atoms with Crippen LogP contribution in [0.2, 0.25) is 5.15 Å². The van der Waals surface area contributed by atoms with E-state index < -0.39 is 4.92 Å². The van der Waals surface area contributed by atoms with Crippen LogP contribution in [0.3, 0.4) is 0 Å². The smallest absolute Gasteiger partial charge is 0.287 e. The van der Waals surface area contributed by atoms with Crippen molar-refractivity contribution in [3.63, 3.8) is 0 Å². The number of rotatable bonds is 6. The molecule has 0 atom stereocenters. The Bertz CT molecular complexity index is 397. The average molecular weight is 361 g/mol. The van der Waals surface area contributed by atoms with E-state index in [-0.39, 0.29) is 10.8 Å². The third-order valence-corrected chi connectivity index (χ3v) is 3.47. The molecule has 0 aliphatic carbocycles. The van der Waals surface area contributed by atoms with Crippen LogP contribution in [-0.2, 0) is 0 Å². The summed E-state index contributed by atoms with van der Waals surface area (Å²) < 4.78 is 0. The minimum atomic E-state index is -0.524. The Kier molecular flexibility index (Phi) is 15.7. The second-order valence-electron chi connectivity index (χ2n) is 5.33. The molecule has 1 fully saturated rings. The molecule has 2 rings (SSSR count). The molecule has 2 heterocycles. The van der Waals surface area contributed by atoms with Crippen molar-refractivity contribution in [3.05, 3.63) is 33.6 Å². The van der Waals surface area contributed by atoms with Gasteiger partial charge in [0.15, 0.2) is 0 Å². The number of aliphatic hydroxyl groups excluding tert-OH is 1. The second-order valence-corrected chi connectivity index (χ2v) is 5.72. The number of piperidine rings is 1. The van der Waals surface area contributed by atoms with Crippen LogP contribution < -0.4 is 11.1 Å². The van der Waals surface area contributed by atoms with Crippen molar-refractivity contribution in [2.75, 3.05) is 26.2 Å². The molecule has 138 valence electrons. The molecule has 7 nitrogen and oxygen atoms in total. The van der Waals surface area contributed by atoms with E-state index in [1.807, 2.05) is 0 Å². The van der Waals surface area contributed by atoms with Gasteiger partial charge in [-0.3, -0.25) is 10.1 Å². The first kappa shape index (κ1) is 22.7. The summed E-state index contributed by atoms with van der Waals surface area (Å²) in [5.74, 6) is 0. The summed E-state index contributed by atoms with van der Waals surface area (Å²) in [6.45, 7) is 3.61. The van der Waals surface area contributed by atoms with Gasteiger partial charge in [-0.1, -0.05) is 30.9 Å².